The third-order valence-electron chi connectivity index (χ3n) is 7.70. The van der Waals surface area contributed by atoms with Crippen LogP contribution in [0, 0.1) is 5.92 Å². The van der Waals surface area contributed by atoms with Crippen LogP contribution in [-0.2, 0) is 10.0 Å². The molecule has 0 amide bonds. The number of imidazole rings is 1. The van der Waals surface area contributed by atoms with Crippen molar-refractivity contribution in [3.8, 4) is 17.1 Å². The molecule has 10 nitrogen and oxygen atoms in total. The van der Waals surface area contributed by atoms with Crippen molar-refractivity contribution in [2.45, 2.75) is 69.1 Å². The fraction of sp³-hybridized carbons (Fsp3) is 0.577. The smallest absolute Gasteiger partial charge is 0.277 e. The van der Waals surface area contributed by atoms with Gasteiger partial charge in [-0.25, -0.2) is 17.9 Å². The summed E-state index contributed by atoms with van der Waals surface area (Å²) in [5.41, 5.74) is 6.27. The van der Waals surface area contributed by atoms with Crippen molar-refractivity contribution in [2.24, 2.45) is 11.7 Å². The van der Waals surface area contributed by atoms with E-state index >= 15 is 0 Å². The van der Waals surface area contributed by atoms with Crippen LogP contribution >= 0.6 is 0 Å². The van der Waals surface area contributed by atoms with E-state index < -0.39 is 10.0 Å². The zero-order chi connectivity index (χ0) is 26.0. The molecule has 1 aliphatic carbocycles. The lowest BCUT2D eigenvalue weighted by atomic mass is 9.99. The van der Waals surface area contributed by atoms with E-state index in [1.54, 1.807) is 28.9 Å². The zero-order valence-corrected chi connectivity index (χ0v) is 22.2. The van der Waals surface area contributed by atoms with Crippen LogP contribution in [-0.4, -0.2) is 58.5 Å². The quantitative estimate of drug-likeness (QED) is 0.449. The van der Waals surface area contributed by atoms with Crippen molar-refractivity contribution < 1.29 is 13.2 Å². The van der Waals surface area contributed by atoms with Gasteiger partial charge >= 0.3 is 0 Å². The van der Waals surface area contributed by atoms with Gasteiger partial charge < -0.3 is 15.5 Å². The van der Waals surface area contributed by atoms with Crippen molar-refractivity contribution in [1.82, 2.24) is 23.9 Å². The number of hydrogen-bond acceptors (Lipinski definition) is 7. The van der Waals surface area contributed by atoms with Gasteiger partial charge in [-0.05, 0) is 63.3 Å². The maximum absolute atomic E-state index is 13.5. The minimum absolute atomic E-state index is 0.148. The highest BCUT2D eigenvalue weighted by molar-refractivity contribution is 7.89. The number of ether oxygens (including phenoxy) is 1. The summed E-state index contributed by atoms with van der Waals surface area (Å²) in [4.78, 5) is 20.6. The average Bonchev–Trinajstić information content (AvgIpc) is 3.16. The molecule has 3 N–H and O–H groups in total. The lowest BCUT2D eigenvalue weighted by Crippen LogP contribution is -2.40. The van der Waals surface area contributed by atoms with Crippen molar-refractivity contribution in [1.29, 1.82) is 0 Å². The van der Waals surface area contributed by atoms with E-state index in [1.165, 1.54) is 17.1 Å². The number of fused-ring (bicyclic) bond motifs is 1. The Bertz CT molecular complexity index is 1400. The average molecular weight is 529 g/mol. The van der Waals surface area contributed by atoms with E-state index in [0.717, 1.165) is 44.3 Å². The summed E-state index contributed by atoms with van der Waals surface area (Å²) in [5.74, 6) is 2.09. The van der Waals surface area contributed by atoms with Gasteiger partial charge in [-0.1, -0.05) is 25.7 Å². The predicted molar refractivity (Wildman–Crippen MR) is 141 cm³/mol. The molecular weight excluding hydrogens is 492 g/mol. The van der Waals surface area contributed by atoms with Crippen molar-refractivity contribution in [2.75, 3.05) is 26.2 Å². The predicted octanol–water partition coefficient (Wildman–Crippen LogP) is 3.28. The number of rotatable bonds is 7. The van der Waals surface area contributed by atoms with E-state index in [-0.39, 0.29) is 22.2 Å². The van der Waals surface area contributed by atoms with Gasteiger partial charge in [0.25, 0.3) is 5.56 Å². The molecule has 1 aliphatic heterocycles. The maximum atomic E-state index is 13.5. The summed E-state index contributed by atoms with van der Waals surface area (Å²) >= 11 is 0. The van der Waals surface area contributed by atoms with Gasteiger partial charge in [0.1, 0.15) is 11.6 Å². The van der Waals surface area contributed by atoms with E-state index in [1.807, 2.05) is 6.92 Å². The molecule has 200 valence electrons. The highest BCUT2D eigenvalue weighted by Crippen LogP contribution is 2.34. The Morgan fingerprint density at radius 2 is 1.84 bits per heavy atom. The van der Waals surface area contributed by atoms with Crippen LogP contribution in [0.1, 0.15) is 70.0 Å². The second-order valence-electron chi connectivity index (χ2n) is 10.1. The molecule has 3 heterocycles. The van der Waals surface area contributed by atoms with E-state index in [0.29, 0.717) is 49.0 Å². The number of benzene rings is 1. The topological polar surface area (TPSA) is 136 Å². The number of sulfonamides is 1. The molecule has 5 rings (SSSR count). The molecule has 37 heavy (non-hydrogen) atoms. The standard InChI is InChI=1S/C26H36N6O4S/c1-2-36-23-10-9-20(37(34,35)31-13-11-18(16-27)12-14-31)15-21(23)24-29-26(33)22-17-28-25(32(22)30-24)19-7-5-3-4-6-8-19/h9-10,15,17-19H,2-8,11-14,16,27H2,1H3,(H,29,30,33). The summed E-state index contributed by atoms with van der Waals surface area (Å²) < 4.78 is 36.0. The summed E-state index contributed by atoms with van der Waals surface area (Å²) in [6.45, 7) is 3.69. The summed E-state index contributed by atoms with van der Waals surface area (Å²) in [6, 6.07) is 4.76. The SMILES string of the molecule is CCOc1ccc(S(=O)(=O)N2CCC(CN)CC2)cc1-c1nn2c(C3CCCCCC3)ncc2c(=O)[nH]1. The molecule has 11 heteroatoms. The van der Waals surface area contributed by atoms with E-state index in [4.69, 9.17) is 15.6 Å². The Kier molecular flexibility index (Phi) is 7.64. The van der Waals surface area contributed by atoms with Crippen LogP contribution in [0.15, 0.2) is 34.1 Å². The molecule has 0 bridgehead atoms. The fourth-order valence-corrected chi connectivity index (χ4v) is 7.02. The Morgan fingerprint density at radius 1 is 1.11 bits per heavy atom. The van der Waals surface area contributed by atoms with Crippen molar-refractivity contribution in [3.63, 3.8) is 0 Å². The maximum Gasteiger partial charge on any atom is 0.277 e. The van der Waals surface area contributed by atoms with Crippen LogP contribution in [0.3, 0.4) is 0 Å². The number of aromatic nitrogens is 4. The van der Waals surface area contributed by atoms with Crippen molar-refractivity contribution in [3.05, 3.63) is 40.6 Å². The fourth-order valence-electron chi connectivity index (χ4n) is 5.52. The second kappa shape index (κ2) is 10.9. The summed E-state index contributed by atoms with van der Waals surface area (Å²) in [7, 11) is -3.73. The highest BCUT2D eigenvalue weighted by Gasteiger charge is 2.30. The van der Waals surface area contributed by atoms with Crippen LogP contribution in [0.4, 0.5) is 0 Å². The van der Waals surface area contributed by atoms with Gasteiger partial charge in [0.2, 0.25) is 10.0 Å². The number of nitrogens with two attached hydrogens (primary N) is 1. The Morgan fingerprint density at radius 3 is 2.51 bits per heavy atom. The van der Waals surface area contributed by atoms with Crippen LogP contribution in [0.5, 0.6) is 5.75 Å². The molecular formula is C26H36N6O4S. The van der Waals surface area contributed by atoms with Gasteiger partial charge in [0, 0.05) is 19.0 Å². The minimum atomic E-state index is -3.73. The molecule has 0 unspecified atom stereocenters. The number of hydrogen-bond donors (Lipinski definition) is 2. The number of nitrogens with zero attached hydrogens (tertiary/aromatic N) is 4. The van der Waals surface area contributed by atoms with Crippen molar-refractivity contribution >= 4 is 15.5 Å². The molecule has 3 aromatic rings. The van der Waals surface area contributed by atoms with Gasteiger partial charge in [-0.3, -0.25) is 4.79 Å². The lowest BCUT2D eigenvalue weighted by molar-refractivity contribution is 0.278. The van der Waals surface area contributed by atoms with Gasteiger partial charge in [-0.2, -0.15) is 4.31 Å². The molecule has 1 saturated heterocycles. The largest absolute Gasteiger partial charge is 0.493 e. The highest BCUT2D eigenvalue weighted by atomic mass is 32.2. The third kappa shape index (κ3) is 5.17. The third-order valence-corrected chi connectivity index (χ3v) is 9.59. The van der Waals surface area contributed by atoms with E-state index in [9.17, 15) is 13.2 Å². The van der Waals surface area contributed by atoms with Gasteiger partial charge in [0.05, 0.1) is 23.3 Å². The molecule has 2 fully saturated rings. The second-order valence-corrected chi connectivity index (χ2v) is 12.0. The van der Waals surface area contributed by atoms with Gasteiger partial charge in [-0.15, -0.1) is 5.10 Å². The molecule has 0 radical (unpaired) electrons. The normalized spacial score (nSPS) is 18.8. The minimum Gasteiger partial charge on any atom is -0.493 e. The van der Waals surface area contributed by atoms with Gasteiger partial charge in [0.15, 0.2) is 11.3 Å². The summed E-state index contributed by atoms with van der Waals surface area (Å²) in [5, 5.41) is 4.77. The Labute approximate surface area is 217 Å². The molecule has 1 aromatic carbocycles. The van der Waals surface area contributed by atoms with Crippen LogP contribution < -0.4 is 16.0 Å². The number of aromatic amines is 1. The Balaban J connectivity index is 1.57. The first kappa shape index (κ1) is 25.9. The first-order valence-electron chi connectivity index (χ1n) is 13.4. The Hall–Kier alpha value is -2.76. The first-order chi connectivity index (χ1) is 17.9. The molecule has 1 saturated carbocycles. The number of piperidine rings is 1. The lowest BCUT2D eigenvalue weighted by Gasteiger charge is -2.30. The monoisotopic (exact) mass is 528 g/mol. The molecule has 2 aromatic heterocycles. The van der Waals surface area contributed by atoms with Crippen LogP contribution in [0.2, 0.25) is 0 Å². The number of H-pyrrole nitrogens is 1. The first-order valence-corrected chi connectivity index (χ1v) is 14.8. The molecule has 0 spiro atoms. The number of nitrogens with one attached hydrogen (secondary N) is 1. The van der Waals surface area contributed by atoms with E-state index in [2.05, 4.69) is 9.97 Å². The molecule has 2 aliphatic rings. The molecule has 0 atom stereocenters. The zero-order valence-electron chi connectivity index (χ0n) is 21.4. The van der Waals surface area contributed by atoms with Crippen LogP contribution in [0.25, 0.3) is 16.9 Å². The summed E-state index contributed by atoms with van der Waals surface area (Å²) in [6.07, 6.45) is 9.78.